The van der Waals surface area contributed by atoms with Crippen LogP contribution >= 0.6 is 0 Å². The van der Waals surface area contributed by atoms with Gasteiger partial charge in [-0.3, -0.25) is 0 Å². The average Bonchev–Trinajstić information content (AvgIpc) is 2.61. The Bertz CT molecular complexity index is 816. The number of nitrogens with one attached hydrogen (secondary N) is 1. The maximum absolute atomic E-state index is 3.56. The highest BCUT2D eigenvalue weighted by Crippen LogP contribution is 2.26. The van der Waals surface area contributed by atoms with E-state index in [-0.39, 0.29) is 0 Å². The van der Waals surface area contributed by atoms with Gasteiger partial charge in [-0.25, -0.2) is 0 Å². The molecule has 1 heteroatoms. The SMILES string of the molecule is C/C=C(/Nc1cccc(-c2ccccc2)c1)c1ccccc1C. The van der Waals surface area contributed by atoms with Crippen LogP contribution in [0.15, 0.2) is 84.9 Å². The van der Waals surface area contributed by atoms with Crippen LogP contribution < -0.4 is 5.32 Å². The second kappa shape index (κ2) is 6.97. The van der Waals surface area contributed by atoms with Crippen molar-refractivity contribution in [1.82, 2.24) is 0 Å². The number of anilines is 1. The normalized spacial score (nSPS) is 11.3. The minimum absolute atomic E-state index is 1.10. The standard InChI is InChI=1S/C22H21N/c1-3-22(21-15-8-7-10-17(21)2)23-20-14-9-13-19(16-20)18-11-5-4-6-12-18/h3-16,23H,1-2H3/b22-3+. The first-order valence-electron chi connectivity index (χ1n) is 7.93. The van der Waals surface area contributed by atoms with Crippen molar-refractivity contribution in [3.05, 3.63) is 96.1 Å². The molecular weight excluding hydrogens is 278 g/mol. The molecule has 0 aliphatic carbocycles. The fourth-order valence-corrected chi connectivity index (χ4v) is 2.73. The second-order valence-corrected chi connectivity index (χ2v) is 5.59. The van der Waals surface area contributed by atoms with Crippen LogP contribution in [-0.2, 0) is 0 Å². The molecule has 114 valence electrons. The molecular formula is C22H21N. The number of rotatable bonds is 4. The molecule has 1 nitrogen and oxygen atoms in total. The number of benzene rings is 3. The lowest BCUT2D eigenvalue weighted by atomic mass is 10.0. The first kappa shape index (κ1) is 15.1. The van der Waals surface area contributed by atoms with E-state index in [4.69, 9.17) is 0 Å². The molecule has 0 amide bonds. The van der Waals surface area contributed by atoms with E-state index < -0.39 is 0 Å². The smallest absolute Gasteiger partial charge is 0.0417 e. The van der Waals surface area contributed by atoms with Crippen LogP contribution in [0.1, 0.15) is 18.1 Å². The van der Waals surface area contributed by atoms with Gasteiger partial charge in [0, 0.05) is 16.9 Å². The maximum Gasteiger partial charge on any atom is 0.0417 e. The van der Waals surface area contributed by atoms with Gasteiger partial charge >= 0.3 is 0 Å². The van der Waals surface area contributed by atoms with Crippen LogP contribution in [0.4, 0.5) is 5.69 Å². The van der Waals surface area contributed by atoms with Gasteiger partial charge < -0.3 is 5.32 Å². The molecule has 0 saturated carbocycles. The van der Waals surface area contributed by atoms with E-state index in [0.29, 0.717) is 0 Å². The van der Waals surface area contributed by atoms with Crippen molar-refractivity contribution < 1.29 is 0 Å². The van der Waals surface area contributed by atoms with Crippen molar-refractivity contribution in [3.63, 3.8) is 0 Å². The highest BCUT2D eigenvalue weighted by molar-refractivity contribution is 5.80. The Labute approximate surface area is 138 Å². The van der Waals surface area contributed by atoms with E-state index in [1.165, 1.54) is 22.3 Å². The molecule has 0 bridgehead atoms. The second-order valence-electron chi connectivity index (χ2n) is 5.59. The van der Waals surface area contributed by atoms with E-state index in [9.17, 15) is 0 Å². The lowest BCUT2D eigenvalue weighted by molar-refractivity contribution is 1.40. The van der Waals surface area contributed by atoms with Crippen molar-refractivity contribution in [2.75, 3.05) is 5.32 Å². The third kappa shape index (κ3) is 3.51. The Morgan fingerprint density at radius 1 is 0.783 bits per heavy atom. The van der Waals surface area contributed by atoms with Crippen molar-refractivity contribution in [2.24, 2.45) is 0 Å². The molecule has 0 saturated heterocycles. The summed E-state index contributed by atoms with van der Waals surface area (Å²) in [6.07, 6.45) is 2.12. The Balaban J connectivity index is 1.90. The summed E-state index contributed by atoms with van der Waals surface area (Å²) in [5, 5.41) is 3.56. The summed E-state index contributed by atoms with van der Waals surface area (Å²) in [4.78, 5) is 0. The van der Waals surface area contributed by atoms with Crippen molar-refractivity contribution in [3.8, 4) is 11.1 Å². The quantitative estimate of drug-likeness (QED) is 0.610. The van der Waals surface area contributed by atoms with Crippen molar-refractivity contribution >= 4 is 11.4 Å². The monoisotopic (exact) mass is 299 g/mol. The summed E-state index contributed by atoms with van der Waals surface area (Å²) in [6, 6.07) is 27.4. The third-order valence-corrected chi connectivity index (χ3v) is 3.97. The molecule has 0 spiro atoms. The largest absolute Gasteiger partial charge is 0.355 e. The van der Waals surface area contributed by atoms with E-state index in [0.717, 1.165) is 11.4 Å². The van der Waals surface area contributed by atoms with Gasteiger partial charge in [-0.05, 0) is 42.7 Å². The summed E-state index contributed by atoms with van der Waals surface area (Å²) in [5.74, 6) is 0. The average molecular weight is 299 g/mol. The molecule has 0 aromatic heterocycles. The van der Waals surface area contributed by atoms with Crippen LogP contribution in [0.5, 0.6) is 0 Å². The summed E-state index contributed by atoms with van der Waals surface area (Å²) >= 11 is 0. The van der Waals surface area contributed by atoms with Gasteiger partial charge in [-0.2, -0.15) is 0 Å². The van der Waals surface area contributed by atoms with Crippen molar-refractivity contribution in [1.29, 1.82) is 0 Å². The molecule has 0 radical (unpaired) electrons. The Kier molecular flexibility index (Phi) is 4.58. The predicted octanol–water partition coefficient (Wildman–Crippen LogP) is 6.13. The zero-order valence-electron chi connectivity index (χ0n) is 13.6. The summed E-state index contributed by atoms with van der Waals surface area (Å²) in [5.41, 5.74) is 7.19. The first-order valence-corrected chi connectivity index (χ1v) is 7.93. The van der Waals surface area contributed by atoms with E-state index in [1.807, 2.05) is 6.07 Å². The molecule has 23 heavy (non-hydrogen) atoms. The van der Waals surface area contributed by atoms with E-state index >= 15 is 0 Å². The van der Waals surface area contributed by atoms with E-state index in [1.54, 1.807) is 0 Å². The molecule has 3 aromatic carbocycles. The van der Waals surface area contributed by atoms with Crippen LogP contribution in [0, 0.1) is 6.92 Å². The number of hydrogen-bond donors (Lipinski definition) is 1. The molecule has 1 N–H and O–H groups in total. The fraction of sp³-hybridized carbons (Fsp3) is 0.0909. The Morgan fingerprint density at radius 2 is 1.48 bits per heavy atom. The number of aryl methyl sites for hydroxylation is 1. The molecule has 0 aliphatic heterocycles. The van der Waals surface area contributed by atoms with Gasteiger partial charge in [0.15, 0.2) is 0 Å². The predicted molar refractivity (Wildman–Crippen MR) is 100 cm³/mol. The maximum atomic E-state index is 3.56. The van der Waals surface area contributed by atoms with Crippen LogP contribution in [0.2, 0.25) is 0 Å². The molecule has 0 heterocycles. The molecule has 0 aliphatic rings. The van der Waals surface area contributed by atoms with Crippen LogP contribution in [0.25, 0.3) is 16.8 Å². The zero-order chi connectivity index (χ0) is 16.1. The van der Waals surface area contributed by atoms with Crippen LogP contribution in [-0.4, -0.2) is 0 Å². The van der Waals surface area contributed by atoms with Gasteiger partial charge in [0.05, 0.1) is 0 Å². The highest BCUT2D eigenvalue weighted by Gasteiger charge is 2.05. The number of allylic oxidation sites excluding steroid dienone is 1. The zero-order valence-corrected chi connectivity index (χ0v) is 13.6. The van der Waals surface area contributed by atoms with Gasteiger partial charge in [0.2, 0.25) is 0 Å². The molecule has 3 aromatic rings. The van der Waals surface area contributed by atoms with Gasteiger partial charge in [-0.15, -0.1) is 0 Å². The third-order valence-electron chi connectivity index (χ3n) is 3.97. The molecule has 0 atom stereocenters. The lowest BCUT2D eigenvalue weighted by Crippen LogP contribution is -2.00. The van der Waals surface area contributed by atoms with Gasteiger partial charge in [0.25, 0.3) is 0 Å². The molecule has 0 fully saturated rings. The molecule has 3 rings (SSSR count). The van der Waals surface area contributed by atoms with Crippen LogP contribution in [0.3, 0.4) is 0 Å². The number of hydrogen-bond acceptors (Lipinski definition) is 1. The summed E-state index contributed by atoms with van der Waals surface area (Å²) < 4.78 is 0. The van der Waals surface area contributed by atoms with Gasteiger partial charge in [-0.1, -0.05) is 72.8 Å². The van der Waals surface area contributed by atoms with Gasteiger partial charge in [0.1, 0.15) is 0 Å². The lowest BCUT2D eigenvalue weighted by Gasteiger charge is -2.14. The minimum Gasteiger partial charge on any atom is -0.355 e. The fourth-order valence-electron chi connectivity index (χ4n) is 2.73. The first-order chi connectivity index (χ1) is 11.3. The molecule has 0 unspecified atom stereocenters. The topological polar surface area (TPSA) is 12.0 Å². The Hall–Kier alpha value is -2.80. The highest BCUT2D eigenvalue weighted by atomic mass is 14.9. The van der Waals surface area contributed by atoms with E-state index in [2.05, 4.69) is 98.0 Å². The minimum atomic E-state index is 1.10. The summed E-state index contributed by atoms with van der Waals surface area (Å²) in [7, 11) is 0. The Morgan fingerprint density at radius 3 is 2.22 bits per heavy atom. The van der Waals surface area contributed by atoms with Crippen molar-refractivity contribution in [2.45, 2.75) is 13.8 Å². The summed E-state index contributed by atoms with van der Waals surface area (Å²) in [6.45, 7) is 4.21.